The summed E-state index contributed by atoms with van der Waals surface area (Å²) in [5, 5.41) is 12.5. The van der Waals surface area contributed by atoms with E-state index in [0.29, 0.717) is 25.4 Å². The van der Waals surface area contributed by atoms with Crippen molar-refractivity contribution in [1.29, 1.82) is 0 Å². The number of ether oxygens (including phenoxy) is 1. The molecule has 0 aromatic heterocycles. The number of amides is 1. The first kappa shape index (κ1) is 16.3. The van der Waals surface area contributed by atoms with Gasteiger partial charge >= 0.3 is 5.97 Å². The number of carboxylic acid groups (broad SMARTS) is 1. The summed E-state index contributed by atoms with van der Waals surface area (Å²) in [4.78, 5) is 24.0. The summed E-state index contributed by atoms with van der Waals surface area (Å²) in [7, 11) is 0. The Morgan fingerprint density at radius 2 is 1.90 bits per heavy atom. The number of hydrogen-bond acceptors (Lipinski definition) is 3. The summed E-state index contributed by atoms with van der Waals surface area (Å²) in [6.07, 6.45) is 5.20. The Morgan fingerprint density at radius 1 is 1.29 bits per heavy atom. The van der Waals surface area contributed by atoms with Crippen LogP contribution in [0.25, 0.3) is 0 Å². The number of aliphatic carboxylic acids is 1. The highest BCUT2D eigenvalue weighted by Crippen LogP contribution is 2.51. The van der Waals surface area contributed by atoms with Crippen molar-refractivity contribution < 1.29 is 19.4 Å². The summed E-state index contributed by atoms with van der Waals surface area (Å²) in [6, 6.07) is 0. The van der Waals surface area contributed by atoms with E-state index in [9.17, 15) is 14.7 Å². The van der Waals surface area contributed by atoms with Crippen molar-refractivity contribution in [1.82, 2.24) is 5.32 Å². The van der Waals surface area contributed by atoms with Gasteiger partial charge in [-0.3, -0.25) is 4.79 Å². The molecule has 2 aliphatic rings. The largest absolute Gasteiger partial charge is 0.479 e. The summed E-state index contributed by atoms with van der Waals surface area (Å²) in [5.41, 5.74) is -1.79. The molecule has 5 heteroatoms. The lowest BCUT2D eigenvalue weighted by Crippen LogP contribution is -2.76. The molecule has 120 valence electrons. The molecule has 0 heterocycles. The molecule has 2 unspecified atom stereocenters. The first-order valence-electron chi connectivity index (χ1n) is 7.99. The number of hydrogen-bond donors (Lipinski definition) is 2. The number of rotatable bonds is 6. The molecule has 2 rings (SSSR count). The molecule has 0 aromatic rings. The Labute approximate surface area is 126 Å². The van der Waals surface area contributed by atoms with E-state index in [4.69, 9.17) is 4.74 Å². The van der Waals surface area contributed by atoms with E-state index in [1.165, 1.54) is 12.8 Å². The molecule has 2 aliphatic carbocycles. The van der Waals surface area contributed by atoms with Gasteiger partial charge in [0.05, 0.1) is 6.10 Å². The van der Waals surface area contributed by atoms with E-state index < -0.39 is 16.9 Å². The van der Waals surface area contributed by atoms with Crippen molar-refractivity contribution in [2.75, 3.05) is 6.61 Å². The van der Waals surface area contributed by atoms with Crippen LogP contribution in [0.1, 0.15) is 59.3 Å². The first-order valence-corrected chi connectivity index (χ1v) is 7.99. The summed E-state index contributed by atoms with van der Waals surface area (Å²) >= 11 is 0. The minimum atomic E-state index is -1.19. The molecule has 2 atom stereocenters. The third kappa shape index (κ3) is 2.80. The van der Waals surface area contributed by atoms with Crippen LogP contribution in [0.3, 0.4) is 0 Å². The number of carbonyl (C=O) groups excluding carboxylic acids is 1. The lowest BCUT2D eigenvalue weighted by molar-refractivity contribution is -0.194. The van der Waals surface area contributed by atoms with Gasteiger partial charge in [-0.15, -0.1) is 0 Å². The highest BCUT2D eigenvalue weighted by Gasteiger charge is 2.66. The third-order valence-corrected chi connectivity index (χ3v) is 5.43. The maximum atomic E-state index is 12.2. The van der Waals surface area contributed by atoms with Crippen LogP contribution in [0.15, 0.2) is 0 Å². The van der Waals surface area contributed by atoms with Gasteiger partial charge in [0.1, 0.15) is 5.54 Å². The average Bonchev–Trinajstić information content (AvgIpc) is 2.89. The molecule has 0 aliphatic heterocycles. The molecule has 2 N–H and O–H groups in total. The van der Waals surface area contributed by atoms with E-state index in [1.54, 1.807) is 0 Å². The van der Waals surface area contributed by atoms with Gasteiger partial charge in [-0.25, -0.2) is 4.79 Å². The highest BCUT2D eigenvalue weighted by atomic mass is 16.5. The minimum Gasteiger partial charge on any atom is -0.479 e. The Hall–Kier alpha value is -1.10. The Balaban J connectivity index is 2.02. The number of carboxylic acids is 1. The standard InChI is InChI=1S/C16H27NO4/c1-4-21-12-10-16(14(19)20,15(12,2)3)17-13(18)9-11-7-5-6-8-11/h11-12H,4-10H2,1-3H3,(H,17,18)(H,19,20). The lowest BCUT2D eigenvalue weighted by Gasteiger charge is -2.58. The molecule has 2 saturated carbocycles. The fourth-order valence-corrected chi connectivity index (χ4v) is 3.80. The van der Waals surface area contributed by atoms with Crippen molar-refractivity contribution in [3.63, 3.8) is 0 Å². The number of carbonyl (C=O) groups is 2. The molecule has 0 aromatic carbocycles. The monoisotopic (exact) mass is 297 g/mol. The second-order valence-corrected chi connectivity index (χ2v) is 6.98. The van der Waals surface area contributed by atoms with Crippen molar-refractivity contribution in [3.05, 3.63) is 0 Å². The summed E-state index contributed by atoms with van der Waals surface area (Å²) in [5.74, 6) is -0.669. The molecule has 0 saturated heterocycles. The van der Waals surface area contributed by atoms with E-state index in [2.05, 4.69) is 5.32 Å². The van der Waals surface area contributed by atoms with Gasteiger partial charge in [-0.05, 0) is 25.7 Å². The van der Waals surface area contributed by atoms with E-state index >= 15 is 0 Å². The SMILES string of the molecule is CCOC1CC(NC(=O)CC2CCCC2)(C(=O)O)C1(C)C. The lowest BCUT2D eigenvalue weighted by atomic mass is 9.54. The zero-order valence-electron chi connectivity index (χ0n) is 13.3. The van der Waals surface area contributed by atoms with E-state index in [1.807, 2.05) is 20.8 Å². The average molecular weight is 297 g/mol. The fourth-order valence-electron chi connectivity index (χ4n) is 3.80. The van der Waals surface area contributed by atoms with Gasteiger partial charge in [-0.1, -0.05) is 26.7 Å². The van der Waals surface area contributed by atoms with Crippen LogP contribution in [0, 0.1) is 11.3 Å². The maximum absolute atomic E-state index is 12.2. The fraction of sp³-hybridized carbons (Fsp3) is 0.875. The Bertz CT molecular complexity index is 415. The van der Waals surface area contributed by atoms with Crippen LogP contribution in [-0.2, 0) is 14.3 Å². The molecule has 2 fully saturated rings. The van der Waals surface area contributed by atoms with Gasteiger partial charge in [0.2, 0.25) is 5.91 Å². The molecular formula is C16H27NO4. The molecular weight excluding hydrogens is 270 g/mol. The quantitative estimate of drug-likeness (QED) is 0.789. The van der Waals surface area contributed by atoms with E-state index in [-0.39, 0.29) is 12.0 Å². The van der Waals surface area contributed by atoms with Crippen LogP contribution in [0.2, 0.25) is 0 Å². The molecule has 21 heavy (non-hydrogen) atoms. The third-order valence-electron chi connectivity index (χ3n) is 5.43. The van der Waals surface area contributed by atoms with Crippen LogP contribution in [0.4, 0.5) is 0 Å². The number of nitrogens with one attached hydrogen (secondary N) is 1. The van der Waals surface area contributed by atoms with Gasteiger partial charge < -0.3 is 15.2 Å². The van der Waals surface area contributed by atoms with Crippen LogP contribution in [0.5, 0.6) is 0 Å². The maximum Gasteiger partial charge on any atom is 0.330 e. The van der Waals surface area contributed by atoms with Crippen molar-refractivity contribution in [3.8, 4) is 0 Å². The normalized spacial score (nSPS) is 31.7. The second-order valence-electron chi connectivity index (χ2n) is 6.98. The van der Waals surface area contributed by atoms with Gasteiger partial charge in [0.25, 0.3) is 0 Å². The molecule has 5 nitrogen and oxygen atoms in total. The molecule has 0 bridgehead atoms. The summed E-state index contributed by atoms with van der Waals surface area (Å²) < 4.78 is 5.60. The van der Waals surface area contributed by atoms with Crippen LogP contribution >= 0.6 is 0 Å². The summed E-state index contributed by atoms with van der Waals surface area (Å²) in [6.45, 7) is 6.18. The molecule has 1 amide bonds. The molecule has 0 spiro atoms. The van der Waals surface area contributed by atoms with Gasteiger partial charge in [0.15, 0.2) is 0 Å². The van der Waals surface area contributed by atoms with Crippen molar-refractivity contribution in [2.45, 2.75) is 70.9 Å². The van der Waals surface area contributed by atoms with Gasteiger partial charge in [-0.2, -0.15) is 0 Å². The first-order chi connectivity index (χ1) is 9.83. The zero-order chi connectivity index (χ0) is 15.7. The van der Waals surface area contributed by atoms with Crippen LogP contribution < -0.4 is 5.32 Å². The second kappa shape index (κ2) is 5.95. The Morgan fingerprint density at radius 3 is 2.38 bits per heavy atom. The zero-order valence-corrected chi connectivity index (χ0v) is 13.3. The highest BCUT2D eigenvalue weighted by molar-refractivity contribution is 5.89. The van der Waals surface area contributed by atoms with Crippen LogP contribution in [-0.4, -0.2) is 35.2 Å². The van der Waals surface area contributed by atoms with Crippen molar-refractivity contribution in [2.24, 2.45) is 11.3 Å². The van der Waals surface area contributed by atoms with Gasteiger partial charge in [0, 0.05) is 24.9 Å². The van der Waals surface area contributed by atoms with E-state index in [0.717, 1.165) is 12.8 Å². The van der Waals surface area contributed by atoms with Crippen molar-refractivity contribution >= 4 is 11.9 Å². The predicted octanol–water partition coefficient (Wildman–Crippen LogP) is 2.34. The smallest absolute Gasteiger partial charge is 0.330 e. The molecule has 0 radical (unpaired) electrons. The minimum absolute atomic E-state index is 0.120. The predicted molar refractivity (Wildman–Crippen MR) is 78.9 cm³/mol. The Kier molecular flexibility index (Phi) is 4.61. The topological polar surface area (TPSA) is 75.6 Å².